The third-order valence-electron chi connectivity index (χ3n) is 10.6. The summed E-state index contributed by atoms with van der Waals surface area (Å²) in [7, 11) is 0. The van der Waals surface area contributed by atoms with Crippen LogP contribution in [0.25, 0.3) is 0 Å². The molecule has 1 aliphatic heterocycles. The zero-order chi connectivity index (χ0) is 18.8. The minimum atomic E-state index is -0.817. The Morgan fingerprint density at radius 3 is 1.21 bits per heavy atom. The molecule has 29 heavy (non-hydrogen) atoms. The fourth-order valence-electron chi connectivity index (χ4n) is 10.6. The first-order chi connectivity index (χ1) is 14.2. The van der Waals surface area contributed by atoms with Crippen molar-refractivity contribution in [3.8, 4) is 0 Å². The maximum atomic E-state index is 2.53. The van der Waals surface area contributed by atoms with Crippen molar-refractivity contribution < 1.29 is 0 Å². The predicted octanol–water partition coefficient (Wildman–Crippen LogP) is 6.21. The molecule has 10 rings (SSSR count). The van der Waals surface area contributed by atoms with Crippen molar-refractivity contribution in [1.82, 2.24) is 0 Å². The SMILES string of the molecule is c1ccc([Se+]2C(C34CC5CC(CC(C5)C3)C4)=C2C23CC4CC(CC(C4)C2)C3)cc1. The zero-order valence-corrected chi connectivity index (χ0v) is 19.5. The van der Waals surface area contributed by atoms with Crippen LogP contribution in [0.4, 0.5) is 0 Å². The molecule has 1 heterocycles. The molecule has 1 heteroatoms. The van der Waals surface area contributed by atoms with Gasteiger partial charge >= 0.3 is 181 Å². The second kappa shape index (κ2) is 5.63. The molecule has 1 aromatic carbocycles. The molecule has 9 aliphatic rings. The molecule has 0 atom stereocenters. The molecule has 0 saturated heterocycles. The molecule has 0 spiro atoms. The van der Waals surface area contributed by atoms with Crippen LogP contribution < -0.4 is 4.46 Å². The Kier molecular flexibility index (Phi) is 3.32. The number of benzene rings is 1. The van der Waals surface area contributed by atoms with E-state index in [0.29, 0.717) is 10.8 Å². The second-order valence-corrected chi connectivity index (χ2v) is 16.7. The Morgan fingerprint density at radius 2 is 0.862 bits per heavy atom. The summed E-state index contributed by atoms with van der Waals surface area (Å²) in [6.07, 6.45) is 19.1. The first-order valence-electron chi connectivity index (χ1n) is 12.7. The summed E-state index contributed by atoms with van der Waals surface area (Å²) in [6, 6.07) is 12.0. The molecule has 152 valence electrons. The molecule has 8 fully saturated rings. The van der Waals surface area contributed by atoms with E-state index >= 15 is 0 Å². The van der Waals surface area contributed by atoms with Crippen LogP contribution in [-0.2, 0) is 0 Å². The van der Waals surface area contributed by atoms with E-state index in [1.165, 1.54) is 0 Å². The van der Waals surface area contributed by atoms with Gasteiger partial charge in [0.1, 0.15) is 0 Å². The summed E-state index contributed by atoms with van der Waals surface area (Å²) in [5.41, 5.74) is 1.38. The van der Waals surface area contributed by atoms with Crippen molar-refractivity contribution in [2.24, 2.45) is 46.3 Å². The van der Waals surface area contributed by atoms with E-state index < -0.39 is 13.9 Å². The molecule has 0 nitrogen and oxygen atoms in total. The van der Waals surface area contributed by atoms with Gasteiger partial charge in [-0.1, -0.05) is 0 Å². The van der Waals surface area contributed by atoms with E-state index in [4.69, 9.17) is 0 Å². The van der Waals surface area contributed by atoms with E-state index in [2.05, 4.69) is 39.3 Å². The van der Waals surface area contributed by atoms with Gasteiger partial charge in [-0.2, -0.15) is 0 Å². The molecule has 1 aromatic rings. The van der Waals surface area contributed by atoms with Gasteiger partial charge in [-0.25, -0.2) is 0 Å². The van der Waals surface area contributed by atoms with Gasteiger partial charge in [0.15, 0.2) is 0 Å². The van der Waals surface area contributed by atoms with Gasteiger partial charge in [-0.15, -0.1) is 0 Å². The van der Waals surface area contributed by atoms with Crippen LogP contribution in [0, 0.1) is 46.3 Å². The Morgan fingerprint density at radius 1 is 0.517 bits per heavy atom. The van der Waals surface area contributed by atoms with Gasteiger partial charge in [0, 0.05) is 0 Å². The van der Waals surface area contributed by atoms with E-state index in [-0.39, 0.29) is 0 Å². The molecular formula is C28H35Se+. The standard InChI is InChI=1S/C28H35Se/c1-2-4-24(5-3-1)29-25(27-12-18-6-19(13-27)8-20(7-18)14-27)26(29)28-15-21-9-22(16-28)11-23(10-21)17-28/h1-5,18-23H,6-17H2/q+1. The molecular weight excluding hydrogens is 415 g/mol. The third-order valence-corrected chi connectivity index (χ3v) is 16.1. The Hall–Kier alpha value is -0.521. The molecule has 0 N–H and O–H groups in total. The van der Waals surface area contributed by atoms with E-state index in [1.54, 1.807) is 81.5 Å². The summed E-state index contributed by atoms with van der Waals surface area (Å²) in [6.45, 7) is 0. The van der Waals surface area contributed by atoms with Gasteiger partial charge in [-0.3, -0.25) is 0 Å². The van der Waals surface area contributed by atoms with Crippen LogP contribution in [0.1, 0.15) is 77.0 Å². The molecule has 0 amide bonds. The third kappa shape index (κ3) is 2.33. The molecule has 8 bridgehead atoms. The van der Waals surface area contributed by atoms with Crippen LogP contribution in [-0.4, -0.2) is 13.9 Å². The normalized spacial score (nSPS) is 53.7. The second-order valence-electron chi connectivity index (χ2n) is 12.7. The van der Waals surface area contributed by atoms with Gasteiger partial charge in [0.2, 0.25) is 0 Å². The first kappa shape index (κ1) is 17.1. The molecule has 0 aromatic heterocycles. The van der Waals surface area contributed by atoms with Crippen LogP contribution in [0.3, 0.4) is 0 Å². The number of hydrogen-bond donors (Lipinski definition) is 0. The quantitative estimate of drug-likeness (QED) is 0.481. The van der Waals surface area contributed by atoms with Crippen molar-refractivity contribution >= 4 is 18.4 Å². The Labute approximate surface area is 180 Å². The fourth-order valence-corrected chi connectivity index (χ4v) is 17.4. The summed E-state index contributed by atoms with van der Waals surface area (Å²) in [5.74, 6) is 6.56. The van der Waals surface area contributed by atoms with Crippen LogP contribution in [0.2, 0.25) is 0 Å². The Bertz CT molecular complexity index is 768. The Balaban J connectivity index is 1.26. The molecule has 8 aliphatic carbocycles. The molecule has 0 unspecified atom stereocenters. The van der Waals surface area contributed by atoms with Gasteiger partial charge in [0.05, 0.1) is 0 Å². The summed E-state index contributed by atoms with van der Waals surface area (Å²) < 4.78 is 6.12. The molecule has 0 radical (unpaired) electrons. The minimum absolute atomic E-state index is 0.688. The van der Waals surface area contributed by atoms with Gasteiger partial charge in [-0.05, 0) is 0 Å². The van der Waals surface area contributed by atoms with Crippen LogP contribution >= 0.6 is 0 Å². The van der Waals surface area contributed by atoms with E-state index in [9.17, 15) is 0 Å². The van der Waals surface area contributed by atoms with Crippen molar-refractivity contribution in [2.45, 2.75) is 77.0 Å². The summed E-state index contributed by atoms with van der Waals surface area (Å²) in [4.78, 5) is 0. The number of rotatable bonds is 3. The van der Waals surface area contributed by atoms with Crippen LogP contribution in [0.5, 0.6) is 0 Å². The van der Waals surface area contributed by atoms with Crippen molar-refractivity contribution in [3.63, 3.8) is 0 Å². The predicted molar refractivity (Wildman–Crippen MR) is 120 cm³/mol. The average molecular weight is 451 g/mol. The molecule has 8 saturated carbocycles. The number of hydrogen-bond acceptors (Lipinski definition) is 0. The van der Waals surface area contributed by atoms with Gasteiger partial charge < -0.3 is 0 Å². The van der Waals surface area contributed by atoms with Crippen molar-refractivity contribution in [1.29, 1.82) is 0 Å². The topological polar surface area (TPSA) is 0 Å². The summed E-state index contributed by atoms with van der Waals surface area (Å²) >= 11 is -0.817. The summed E-state index contributed by atoms with van der Waals surface area (Å²) in [5, 5.41) is 0. The average Bonchev–Trinajstić information content (AvgIpc) is 3.44. The van der Waals surface area contributed by atoms with Gasteiger partial charge in [0.25, 0.3) is 0 Å². The van der Waals surface area contributed by atoms with Crippen molar-refractivity contribution in [2.75, 3.05) is 0 Å². The first-order valence-corrected chi connectivity index (χ1v) is 15.3. The maximum absolute atomic E-state index is 2.53. The van der Waals surface area contributed by atoms with Crippen molar-refractivity contribution in [3.05, 3.63) is 39.3 Å². The monoisotopic (exact) mass is 451 g/mol. The zero-order valence-electron chi connectivity index (χ0n) is 17.7. The van der Waals surface area contributed by atoms with E-state index in [1.807, 2.05) is 0 Å². The van der Waals surface area contributed by atoms with Crippen LogP contribution in [0.15, 0.2) is 39.3 Å². The van der Waals surface area contributed by atoms with E-state index in [0.717, 1.165) is 35.5 Å². The fraction of sp³-hybridized carbons (Fsp3) is 0.714. The number of allylic oxidation sites excluding steroid dienone is 2.